The molecule has 1 amide bonds. The lowest BCUT2D eigenvalue weighted by Crippen LogP contribution is -2.27. The molecule has 118 valence electrons. The van der Waals surface area contributed by atoms with Gasteiger partial charge in [-0.1, -0.05) is 24.0 Å². The summed E-state index contributed by atoms with van der Waals surface area (Å²) in [6.07, 6.45) is 1.74. The standard InChI is InChI=1S/C14H13Br2NO3S2/c1-3-17-13(19)9(22-14(17)21)6-7-5-8(20-4-2)12(18)11(16)10(7)15/h5-6,18H,3-4H2,1-2H3/b9-6-. The van der Waals surface area contributed by atoms with Gasteiger partial charge in [0.1, 0.15) is 4.32 Å². The molecule has 1 N–H and O–H groups in total. The first-order valence-corrected chi connectivity index (χ1v) is 9.30. The van der Waals surface area contributed by atoms with Gasteiger partial charge in [0, 0.05) is 11.0 Å². The summed E-state index contributed by atoms with van der Waals surface area (Å²) in [5.41, 5.74) is 0.727. The third-order valence-electron chi connectivity index (χ3n) is 2.95. The Bertz CT molecular complexity index is 677. The fraction of sp³-hybridized carbons (Fsp3) is 0.286. The average molecular weight is 467 g/mol. The topological polar surface area (TPSA) is 49.8 Å². The van der Waals surface area contributed by atoms with Crippen LogP contribution in [0.2, 0.25) is 0 Å². The van der Waals surface area contributed by atoms with Crippen molar-refractivity contribution in [3.05, 3.63) is 25.5 Å². The minimum Gasteiger partial charge on any atom is -0.503 e. The van der Waals surface area contributed by atoms with Crippen molar-refractivity contribution >= 4 is 72.1 Å². The SMILES string of the molecule is CCOc1cc(/C=C2\SC(=S)N(CC)C2=O)c(Br)c(Br)c1O. The highest BCUT2D eigenvalue weighted by atomic mass is 79.9. The van der Waals surface area contributed by atoms with Crippen molar-refractivity contribution < 1.29 is 14.6 Å². The molecule has 4 nitrogen and oxygen atoms in total. The molecule has 0 saturated carbocycles. The van der Waals surface area contributed by atoms with Gasteiger partial charge < -0.3 is 9.84 Å². The predicted molar refractivity (Wildman–Crippen MR) is 100 cm³/mol. The van der Waals surface area contributed by atoms with Crippen molar-refractivity contribution in [2.75, 3.05) is 13.2 Å². The highest BCUT2D eigenvalue weighted by Crippen LogP contribution is 2.43. The predicted octanol–water partition coefficient (Wildman–Crippen LogP) is 4.54. The molecule has 1 heterocycles. The number of halogens is 2. The summed E-state index contributed by atoms with van der Waals surface area (Å²) in [5, 5.41) is 10.0. The molecule has 22 heavy (non-hydrogen) atoms. The number of likely N-dealkylation sites (N-methyl/N-ethyl adjacent to an activating group) is 1. The van der Waals surface area contributed by atoms with Gasteiger partial charge in [-0.2, -0.15) is 0 Å². The van der Waals surface area contributed by atoms with Crippen LogP contribution in [0.5, 0.6) is 11.5 Å². The number of carbonyl (C=O) groups is 1. The Morgan fingerprint density at radius 2 is 2.09 bits per heavy atom. The quantitative estimate of drug-likeness (QED) is 0.521. The maximum absolute atomic E-state index is 12.3. The summed E-state index contributed by atoms with van der Waals surface area (Å²) in [4.78, 5) is 14.4. The van der Waals surface area contributed by atoms with Crippen LogP contribution in [0.1, 0.15) is 19.4 Å². The molecule has 1 aliphatic heterocycles. The van der Waals surface area contributed by atoms with Gasteiger partial charge in [0.15, 0.2) is 11.5 Å². The minimum absolute atomic E-state index is 0.0204. The van der Waals surface area contributed by atoms with Crippen molar-refractivity contribution in [3.63, 3.8) is 0 Å². The number of ether oxygens (including phenoxy) is 1. The minimum atomic E-state index is -0.105. The normalized spacial score (nSPS) is 16.7. The van der Waals surface area contributed by atoms with Crippen LogP contribution in [0, 0.1) is 0 Å². The van der Waals surface area contributed by atoms with E-state index in [4.69, 9.17) is 17.0 Å². The van der Waals surface area contributed by atoms with Crippen LogP contribution in [0.4, 0.5) is 0 Å². The van der Waals surface area contributed by atoms with Crippen LogP contribution < -0.4 is 4.74 Å². The van der Waals surface area contributed by atoms with E-state index in [1.165, 1.54) is 11.8 Å². The van der Waals surface area contributed by atoms with Crippen LogP contribution in [0.15, 0.2) is 19.9 Å². The number of amides is 1. The molecule has 0 radical (unpaired) electrons. The first-order valence-electron chi connectivity index (χ1n) is 6.49. The summed E-state index contributed by atoms with van der Waals surface area (Å²) in [7, 11) is 0. The molecule has 0 bridgehead atoms. The molecule has 8 heteroatoms. The van der Waals surface area contributed by atoms with Gasteiger partial charge in [0.25, 0.3) is 5.91 Å². The number of nitrogens with zero attached hydrogens (tertiary/aromatic N) is 1. The Morgan fingerprint density at radius 1 is 1.41 bits per heavy atom. The highest BCUT2D eigenvalue weighted by molar-refractivity contribution is 9.13. The monoisotopic (exact) mass is 465 g/mol. The average Bonchev–Trinajstić information content (AvgIpc) is 2.75. The molecule has 0 atom stereocenters. The van der Waals surface area contributed by atoms with Gasteiger partial charge in [0.2, 0.25) is 0 Å². The van der Waals surface area contributed by atoms with E-state index in [-0.39, 0.29) is 11.7 Å². The van der Waals surface area contributed by atoms with Gasteiger partial charge in [-0.15, -0.1) is 0 Å². The van der Waals surface area contributed by atoms with E-state index >= 15 is 0 Å². The van der Waals surface area contributed by atoms with Crippen LogP contribution >= 0.6 is 55.8 Å². The van der Waals surface area contributed by atoms with Crippen molar-refractivity contribution in [2.45, 2.75) is 13.8 Å². The maximum atomic E-state index is 12.3. The zero-order valence-electron chi connectivity index (χ0n) is 11.9. The van der Waals surface area contributed by atoms with Crippen molar-refractivity contribution in [2.24, 2.45) is 0 Å². The Morgan fingerprint density at radius 3 is 2.64 bits per heavy atom. The third-order valence-corrected chi connectivity index (χ3v) is 6.49. The van der Waals surface area contributed by atoms with E-state index in [0.29, 0.717) is 37.1 Å². The molecule has 2 rings (SSSR count). The van der Waals surface area contributed by atoms with E-state index in [9.17, 15) is 9.90 Å². The Kier molecular flexibility index (Phi) is 5.93. The second kappa shape index (κ2) is 7.33. The third kappa shape index (κ3) is 3.34. The van der Waals surface area contributed by atoms with Gasteiger partial charge >= 0.3 is 0 Å². The lowest BCUT2D eigenvalue weighted by Gasteiger charge is -2.12. The van der Waals surface area contributed by atoms with E-state index in [1.54, 1.807) is 17.0 Å². The lowest BCUT2D eigenvalue weighted by molar-refractivity contribution is -0.121. The summed E-state index contributed by atoms with van der Waals surface area (Å²) < 4.78 is 7.09. The number of aromatic hydroxyl groups is 1. The largest absolute Gasteiger partial charge is 0.503 e. The number of hydrogen-bond acceptors (Lipinski definition) is 5. The number of thiocarbonyl (C=S) groups is 1. The fourth-order valence-corrected chi connectivity index (χ4v) is 4.11. The molecule has 1 fully saturated rings. The Balaban J connectivity index is 2.48. The lowest BCUT2D eigenvalue weighted by atomic mass is 10.2. The zero-order chi connectivity index (χ0) is 16.4. The second-order valence-corrected chi connectivity index (χ2v) is 7.56. The smallest absolute Gasteiger partial charge is 0.266 e. The number of hydrogen-bond donors (Lipinski definition) is 1. The summed E-state index contributed by atoms with van der Waals surface area (Å²) in [5.74, 6) is 0.272. The van der Waals surface area contributed by atoms with E-state index in [1.807, 2.05) is 13.8 Å². The molecule has 1 saturated heterocycles. The van der Waals surface area contributed by atoms with Crippen molar-refractivity contribution in [1.82, 2.24) is 4.90 Å². The number of benzene rings is 1. The molecule has 0 aliphatic carbocycles. The molecule has 0 spiro atoms. The summed E-state index contributed by atoms with van der Waals surface area (Å²) >= 11 is 13.2. The highest BCUT2D eigenvalue weighted by Gasteiger charge is 2.31. The number of rotatable bonds is 4. The van der Waals surface area contributed by atoms with Crippen LogP contribution in [-0.4, -0.2) is 33.4 Å². The van der Waals surface area contributed by atoms with Gasteiger partial charge in [-0.05, 0) is 63.4 Å². The molecular formula is C14H13Br2NO3S2. The zero-order valence-corrected chi connectivity index (χ0v) is 16.7. The molecule has 0 unspecified atom stereocenters. The number of thioether (sulfide) groups is 1. The van der Waals surface area contributed by atoms with Gasteiger partial charge in [-0.25, -0.2) is 0 Å². The molecule has 1 aliphatic rings. The van der Waals surface area contributed by atoms with E-state index < -0.39 is 0 Å². The number of phenols is 1. The molecule has 1 aromatic carbocycles. The fourth-order valence-electron chi connectivity index (χ4n) is 1.90. The maximum Gasteiger partial charge on any atom is 0.266 e. The van der Waals surface area contributed by atoms with E-state index in [2.05, 4.69) is 31.9 Å². The van der Waals surface area contributed by atoms with Crippen LogP contribution in [-0.2, 0) is 4.79 Å². The summed E-state index contributed by atoms with van der Waals surface area (Å²) in [6.45, 7) is 4.70. The second-order valence-electron chi connectivity index (χ2n) is 4.30. The van der Waals surface area contributed by atoms with Gasteiger partial charge in [-0.3, -0.25) is 9.69 Å². The molecular weight excluding hydrogens is 454 g/mol. The Hall–Kier alpha value is -0.570. The number of phenolic OH excluding ortho intramolecular Hbond substituents is 1. The first-order chi connectivity index (χ1) is 10.4. The summed E-state index contributed by atoms with van der Waals surface area (Å²) in [6, 6.07) is 1.69. The van der Waals surface area contributed by atoms with Crippen LogP contribution in [0.3, 0.4) is 0 Å². The van der Waals surface area contributed by atoms with E-state index in [0.717, 1.165) is 5.56 Å². The van der Waals surface area contributed by atoms with Gasteiger partial charge in [0.05, 0.1) is 16.0 Å². The molecule has 1 aromatic rings. The number of carbonyl (C=O) groups excluding carboxylic acids is 1. The van der Waals surface area contributed by atoms with Crippen LogP contribution in [0.25, 0.3) is 6.08 Å². The Labute approximate surface area is 155 Å². The van der Waals surface area contributed by atoms with Crippen molar-refractivity contribution in [3.8, 4) is 11.5 Å². The van der Waals surface area contributed by atoms with Crippen molar-refractivity contribution in [1.29, 1.82) is 0 Å². The molecule has 0 aromatic heterocycles. The first kappa shape index (κ1) is 17.8.